The van der Waals surface area contributed by atoms with Crippen LogP contribution in [0.1, 0.15) is 11.1 Å². The minimum Gasteiger partial charge on any atom is -0.399 e. The van der Waals surface area contributed by atoms with E-state index < -0.39 is 30.0 Å². The van der Waals surface area contributed by atoms with Gasteiger partial charge in [-0.2, -0.15) is 16.8 Å². The lowest BCUT2D eigenvalue weighted by atomic mass is 10.1. The van der Waals surface area contributed by atoms with Gasteiger partial charge >= 0.3 is 0 Å². The van der Waals surface area contributed by atoms with E-state index in [2.05, 4.69) is 10.9 Å². The molecule has 0 saturated heterocycles. The van der Waals surface area contributed by atoms with Crippen LogP contribution in [-0.4, -0.2) is 25.9 Å². The number of rotatable bonds is 7. The van der Waals surface area contributed by atoms with Crippen LogP contribution in [0.3, 0.4) is 0 Å². The summed E-state index contributed by atoms with van der Waals surface area (Å²) in [4.78, 5) is -0.852. The summed E-state index contributed by atoms with van der Waals surface area (Å²) in [6.07, 6.45) is 2.58. The summed E-state index contributed by atoms with van der Waals surface area (Å²) in [5, 5.41) is 0. The van der Waals surface area contributed by atoms with Gasteiger partial charge in [-0.25, -0.2) is 0 Å². The van der Waals surface area contributed by atoms with Gasteiger partial charge in [0.1, 0.15) is 9.79 Å². The summed E-state index contributed by atoms with van der Waals surface area (Å²) in [6.45, 7) is 0. The molecular weight excluding hydrogens is 456 g/mol. The van der Waals surface area contributed by atoms with E-state index in [-0.39, 0.29) is 16.8 Å². The lowest BCUT2D eigenvalue weighted by Crippen LogP contribution is -2.10. The molecule has 32 heavy (non-hydrogen) atoms. The van der Waals surface area contributed by atoms with Gasteiger partial charge in [0, 0.05) is 11.4 Å². The van der Waals surface area contributed by atoms with E-state index in [1.807, 2.05) is 0 Å². The first-order valence-electron chi connectivity index (χ1n) is 8.98. The lowest BCUT2D eigenvalue weighted by molar-refractivity contribution is 0.480. The average Bonchev–Trinajstić information content (AvgIpc) is 2.71. The molecule has 0 heterocycles. The lowest BCUT2D eigenvalue weighted by Gasteiger charge is -2.12. The molecule has 0 saturated carbocycles. The monoisotopic (exact) mass is 476 g/mol. The standard InChI is InChI=1S/C20H20N4O6S2/c21-15-6-9-17(10-7-15)23-24-18-8-4-14(20(12-18)32(28,29)30)2-1-13-3-5-16(22)11-19(13)31(25,26)27/h1-12,23-24H,21-22H2,(H,25,26,27)(H,28,29,30). The molecule has 0 aliphatic carbocycles. The Balaban J connectivity index is 1.93. The van der Waals surface area contributed by atoms with Crippen molar-refractivity contribution >= 4 is 55.1 Å². The number of hydrogen-bond donors (Lipinski definition) is 6. The first-order chi connectivity index (χ1) is 14.9. The second-order valence-corrected chi connectivity index (χ2v) is 9.49. The second-order valence-electron chi connectivity index (χ2n) is 6.71. The molecule has 0 fully saturated rings. The maximum atomic E-state index is 11.9. The van der Waals surface area contributed by atoms with Crippen molar-refractivity contribution < 1.29 is 25.9 Å². The molecule has 0 aliphatic heterocycles. The van der Waals surface area contributed by atoms with Gasteiger partial charge in [-0.15, -0.1) is 0 Å². The van der Waals surface area contributed by atoms with Crippen LogP contribution in [0.25, 0.3) is 12.2 Å². The molecule has 12 heteroatoms. The first-order valence-corrected chi connectivity index (χ1v) is 11.9. The smallest absolute Gasteiger partial charge is 0.295 e. The molecule has 0 unspecified atom stereocenters. The number of nitrogen functional groups attached to an aromatic ring is 2. The largest absolute Gasteiger partial charge is 0.399 e. The van der Waals surface area contributed by atoms with Crippen molar-refractivity contribution in [3.05, 3.63) is 71.8 Å². The van der Waals surface area contributed by atoms with Crippen molar-refractivity contribution in [1.82, 2.24) is 0 Å². The Kier molecular flexibility index (Phi) is 6.41. The van der Waals surface area contributed by atoms with Gasteiger partial charge in [-0.3, -0.25) is 9.11 Å². The van der Waals surface area contributed by atoms with Gasteiger partial charge in [-0.1, -0.05) is 24.3 Å². The number of nitrogens with one attached hydrogen (secondary N) is 2. The highest BCUT2D eigenvalue weighted by atomic mass is 32.2. The molecule has 0 radical (unpaired) electrons. The van der Waals surface area contributed by atoms with E-state index in [0.717, 1.165) is 6.07 Å². The summed E-state index contributed by atoms with van der Waals surface area (Å²) in [6, 6.07) is 14.8. The molecule has 0 bridgehead atoms. The molecule has 0 amide bonds. The van der Waals surface area contributed by atoms with Gasteiger partial charge in [-0.05, 0) is 59.7 Å². The fraction of sp³-hybridized carbons (Fsp3) is 0. The summed E-state index contributed by atoms with van der Waals surface area (Å²) in [5.41, 5.74) is 18.7. The zero-order valence-corrected chi connectivity index (χ0v) is 18.1. The highest BCUT2D eigenvalue weighted by Gasteiger charge is 2.17. The Labute approximate surface area is 185 Å². The fourth-order valence-electron chi connectivity index (χ4n) is 2.78. The van der Waals surface area contributed by atoms with Crippen LogP contribution < -0.4 is 22.3 Å². The number of hydrazine groups is 1. The molecular formula is C20H20N4O6S2. The Morgan fingerprint density at radius 3 is 1.62 bits per heavy atom. The van der Waals surface area contributed by atoms with E-state index in [1.165, 1.54) is 36.4 Å². The van der Waals surface area contributed by atoms with Gasteiger partial charge in [0.25, 0.3) is 20.2 Å². The Hall–Kier alpha value is -3.58. The molecule has 0 aliphatic rings. The minimum atomic E-state index is -4.62. The molecule has 168 valence electrons. The molecule has 0 atom stereocenters. The Bertz CT molecular complexity index is 1390. The summed E-state index contributed by atoms with van der Waals surface area (Å²) in [7, 11) is -9.18. The number of hydrogen-bond acceptors (Lipinski definition) is 8. The van der Waals surface area contributed by atoms with Gasteiger partial charge < -0.3 is 22.3 Å². The third kappa shape index (κ3) is 5.76. The summed E-state index contributed by atoms with van der Waals surface area (Å²) < 4.78 is 66.1. The third-order valence-corrected chi connectivity index (χ3v) is 6.13. The van der Waals surface area contributed by atoms with Crippen molar-refractivity contribution in [3.8, 4) is 0 Å². The van der Waals surface area contributed by atoms with Gasteiger partial charge in [0.15, 0.2) is 0 Å². The SMILES string of the molecule is Nc1ccc(NNc2ccc(C=Cc3ccc(N)cc3S(=O)(=O)O)c(S(=O)(=O)O)c2)cc1. The van der Waals surface area contributed by atoms with Crippen LogP contribution in [0.5, 0.6) is 0 Å². The van der Waals surface area contributed by atoms with Crippen LogP contribution in [-0.2, 0) is 20.2 Å². The molecule has 3 rings (SSSR count). The molecule has 8 N–H and O–H groups in total. The van der Waals surface area contributed by atoms with Crippen LogP contribution in [0.15, 0.2) is 70.5 Å². The van der Waals surface area contributed by atoms with Crippen molar-refractivity contribution in [2.75, 3.05) is 22.3 Å². The van der Waals surface area contributed by atoms with Crippen molar-refractivity contribution in [1.29, 1.82) is 0 Å². The van der Waals surface area contributed by atoms with Crippen LogP contribution >= 0.6 is 0 Å². The highest BCUT2D eigenvalue weighted by Crippen LogP contribution is 2.25. The topological polar surface area (TPSA) is 185 Å². The zero-order valence-electron chi connectivity index (χ0n) is 16.4. The van der Waals surface area contributed by atoms with Crippen LogP contribution in [0.2, 0.25) is 0 Å². The fourth-order valence-corrected chi connectivity index (χ4v) is 4.20. The van der Waals surface area contributed by atoms with Gasteiger partial charge in [0.05, 0.1) is 11.4 Å². The van der Waals surface area contributed by atoms with Crippen molar-refractivity contribution in [3.63, 3.8) is 0 Å². The van der Waals surface area contributed by atoms with E-state index in [9.17, 15) is 25.9 Å². The van der Waals surface area contributed by atoms with Crippen LogP contribution in [0, 0.1) is 0 Å². The maximum Gasteiger partial charge on any atom is 0.295 e. The quantitative estimate of drug-likeness (QED) is 0.128. The van der Waals surface area contributed by atoms with E-state index in [1.54, 1.807) is 30.3 Å². The predicted octanol–water partition coefficient (Wildman–Crippen LogP) is 2.95. The number of anilines is 4. The first kappa shape index (κ1) is 23.1. The summed E-state index contributed by atoms with van der Waals surface area (Å²) >= 11 is 0. The third-order valence-electron chi connectivity index (χ3n) is 4.31. The normalized spacial score (nSPS) is 12.1. The van der Waals surface area contributed by atoms with Gasteiger partial charge in [0.2, 0.25) is 0 Å². The Morgan fingerprint density at radius 1 is 0.625 bits per heavy atom. The highest BCUT2D eigenvalue weighted by molar-refractivity contribution is 7.86. The molecule has 3 aromatic carbocycles. The van der Waals surface area contributed by atoms with Crippen molar-refractivity contribution in [2.24, 2.45) is 0 Å². The molecule has 3 aromatic rings. The zero-order chi connectivity index (χ0) is 23.5. The maximum absolute atomic E-state index is 11.9. The predicted molar refractivity (Wildman–Crippen MR) is 124 cm³/mol. The minimum absolute atomic E-state index is 0.0789. The van der Waals surface area contributed by atoms with E-state index in [0.29, 0.717) is 17.1 Å². The second kappa shape index (κ2) is 8.88. The Morgan fingerprint density at radius 2 is 1.06 bits per heavy atom. The average molecular weight is 477 g/mol. The summed E-state index contributed by atoms with van der Waals surface area (Å²) in [5.74, 6) is 0. The molecule has 0 aromatic heterocycles. The molecule has 0 spiro atoms. The van der Waals surface area contributed by atoms with Crippen molar-refractivity contribution in [2.45, 2.75) is 9.79 Å². The van der Waals surface area contributed by atoms with E-state index >= 15 is 0 Å². The number of nitrogens with two attached hydrogens (primary N) is 2. The number of benzene rings is 3. The molecule has 10 nitrogen and oxygen atoms in total. The van der Waals surface area contributed by atoms with Crippen LogP contribution in [0.4, 0.5) is 22.7 Å². The van der Waals surface area contributed by atoms with E-state index in [4.69, 9.17) is 11.5 Å².